The van der Waals surface area contributed by atoms with Crippen molar-refractivity contribution in [2.45, 2.75) is 52.6 Å². The molecule has 5 heteroatoms. The summed E-state index contributed by atoms with van der Waals surface area (Å²) in [6.45, 7) is 15.3. The molecule has 0 unspecified atom stereocenters. The molecule has 0 aliphatic rings. The molecule has 0 radical (unpaired) electrons. The minimum Gasteiger partial charge on any atom is -0.589 e. The van der Waals surface area contributed by atoms with Gasteiger partial charge in [0.15, 0.2) is 0 Å². The average molecular weight is 318 g/mol. The third kappa shape index (κ3) is 9.88. The minimum absolute atomic E-state index is 0. The normalized spacial score (nSPS) is 15.4. The average Bonchev–Trinajstić information content (AvgIpc) is 2.25. The van der Waals surface area contributed by atoms with E-state index in [9.17, 15) is 0 Å². The van der Waals surface area contributed by atoms with E-state index in [-0.39, 0.29) is 48.7 Å². The van der Waals surface area contributed by atoms with Crippen molar-refractivity contribution in [3.05, 3.63) is 35.1 Å². The number of hydrogen-bond acceptors (Lipinski definition) is 1. The molecule has 21 heavy (non-hydrogen) atoms. The van der Waals surface area contributed by atoms with E-state index in [0.717, 1.165) is 5.49 Å². The fourth-order valence-electron chi connectivity index (χ4n) is 1.64. The second-order valence-electron chi connectivity index (χ2n) is 7.03. The van der Waals surface area contributed by atoms with E-state index in [4.69, 9.17) is 9.08 Å². The van der Waals surface area contributed by atoms with Gasteiger partial charge >= 0.3 is 18.9 Å². The SMILES string of the molecule is C[P@](C[S@@](=NC(C)(C)C)[N-]C(C)(C)C)c1ccccc1.[Li+]. The van der Waals surface area contributed by atoms with E-state index < -0.39 is 0 Å². The minimum atomic E-state index is -0.215. The predicted octanol–water partition coefficient (Wildman–Crippen LogP) is 2.07. The first-order chi connectivity index (χ1) is 9.07. The van der Waals surface area contributed by atoms with Crippen LogP contribution in [0.15, 0.2) is 34.7 Å². The van der Waals surface area contributed by atoms with Gasteiger partial charge in [-0.15, -0.1) is 5.54 Å². The Morgan fingerprint density at radius 2 is 1.57 bits per heavy atom. The second kappa shape index (κ2) is 8.85. The summed E-state index contributed by atoms with van der Waals surface area (Å²) in [6.07, 6.45) is 0. The molecule has 1 aromatic carbocycles. The van der Waals surface area contributed by atoms with Crippen LogP contribution >= 0.6 is 7.92 Å². The molecule has 1 rings (SSSR count). The molecule has 0 saturated carbocycles. The van der Waals surface area contributed by atoms with Crippen molar-refractivity contribution < 1.29 is 18.9 Å². The Morgan fingerprint density at radius 1 is 1.05 bits per heavy atom. The summed E-state index contributed by atoms with van der Waals surface area (Å²) in [5.41, 5.74) is 1.02. The van der Waals surface area contributed by atoms with E-state index >= 15 is 0 Å². The smallest absolute Gasteiger partial charge is 0.589 e. The van der Waals surface area contributed by atoms with Crippen LogP contribution in [0.1, 0.15) is 41.5 Å². The van der Waals surface area contributed by atoms with Gasteiger partial charge < -0.3 is 4.72 Å². The zero-order valence-electron chi connectivity index (χ0n) is 14.8. The fraction of sp³-hybridized carbons (Fsp3) is 0.625. The predicted molar refractivity (Wildman–Crippen MR) is 96.4 cm³/mol. The number of rotatable bonds is 4. The summed E-state index contributed by atoms with van der Waals surface area (Å²) >= 11 is 0. The van der Waals surface area contributed by atoms with Gasteiger partial charge in [0.1, 0.15) is 0 Å². The molecular weight excluding hydrogens is 290 g/mol. The van der Waals surface area contributed by atoms with E-state index in [2.05, 4.69) is 78.5 Å². The molecule has 0 spiro atoms. The van der Waals surface area contributed by atoms with Crippen LogP contribution in [0.5, 0.6) is 0 Å². The Labute approximate surface area is 147 Å². The van der Waals surface area contributed by atoms with Crippen molar-refractivity contribution in [1.29, 1.82) is 0 Å². The third-order valence-electron chi connectivity index (χ3n) is 2.26. The van der Waals surface area contributed by atoms with Gasteiger partial charge in [-0.05, 0) is 32.7 Å². The molecule has 1 aromatic rings. The number of hydrogen-bond donors (Lipinski definition) is 0. The van der Waals surface area contributed by atoms with Crippen LogP contribution in [-0.4, -0.2) is 23.2 Å². The third-order valence-corrected chi connectivity index (χ3v) is 7.43. The van der Waals surface area contributed by atoms with E-state index in [0.29, 0.717) is 0 Å². The molecule has 0 aliphatic heterocycles. The van der Waals surface area contributed by atoms with Gasteiger partial charge in [-0.1, -0.05) is 59.0 Å². The van der Waals surface area contributed by atoms with Crippen molar-refractivity contribution in [2.75, 3.05) is 12.2 Å². The van der Waals surface area contributed by atoms with E-state index in [1.54, 1.807) is 0 Å². The van der Waals surface area contributed by atoms with Crippen LogP contribution in [0.4, 0.5) is 0 Å². The summed E-state index contributed by atoms with van der Waals surface area (Å²) in [5.74, 6) is 0. The molecule has 0 aliphatic carbocycles. The van der Waals surface area contributed by atoms with E-state index in [1.165, 1.54) is 5.30 Å². The monoisotopic (exact) mass is 318 g/mol. The van der Waals surface area contributed by atoms with Gasteiger partial charge in [0.05, 0.1) is 5.54 Å². The van der Waals surface area contributed by atoms with Gasteiger partial charge in [0.2, 0.25) is 0 Å². The molecular formula is C16H28LiN2PS. The van der Waals surface area contributed by atoms with Gasteiger partial charge in [0.25, 0.3) is 0 Å². The Bertz CT molecular complexity index is 450. The second-order valence-corrected chi connectivity index (χ2v) is 11.0. The van der Waals surface area contributed by atoms with Gasteiger partial charge in [0, 0.05) is 5.49 Å². The zero-order chi connectivity index (χ0) is 15.4. The van der Waals surface area contributed by atoms with Crippen LogP contribution in [0, 0.1) is 0 Å². The van der Waals surface area contributed by atoms with Crippen LogP contribution in [-0.2, 0) is 10.9 Å². The standard InChI is InChI=1S/C16H28N2PS.Li/c1-15(2,3)17-20(18-16(4,5)6)13-19(7)14-11-9-8-10-12-14;/h8-12H,13H2,1-7H3;/q-1;+1/t19-;/m1./s1. The first kappa shape index (κ1) is 21.4. The Hall–Kier alpha value is 0.357. The maximum Gasteiger partial charge on any atom is 1.00 e. The Balaban J connectivity index is 0.00000400. The molecule has 0 N–H and O–H groups in total. The van der Waals surface area contributed by atoms with Crippen molar-refractivity contribution in [1.82, 2.24) is 0 Å². The quantitative estimate of drug-likeness (QED) is 0.600. The van der Waals surface area contributed by atoms with Crippen molar-refractivity contribution in [3.63, 3.8) is 0 Å². The topological polar surface area (TPSA) is 26.5 Å². The van der Waals surface area contributed by atoms with Crippen molar-refractivity contribution in [2.24, 2.45) is 4.36 Å². The van der Waals surface area contributed by atoms with Gasteiger partial charge in [-0.25, -0.2) is 10.9 Å². The van der Waals surface area contributed by atoms with Crippen molar-refractivity contribution in [3.8, 4) is 0 Å². The summed E-state index contributed by atoms with van der Waals surface area (Å²) in [6, 6.07) is 10.8. The van der Waals surface area contributed by atoms with Crippen LogP contribution in [0.2, 0.25) is 0 Å². The molecule has 0 amide bonds. The summed E-state index contributed by atoms with van der Waals surface area (Å²) in [4.78, 5) is 0. The molecule has 0 bridgehead atoms. The van der Waals surface area contributed by atoms with Crippen LogP contribution < -0.4 is 24.2 Å². The van der Waals surface area contributed by atoms with Crippen LogP contribution in [0.3, 0.4) is 0 Å². The van der Waals surface area contributed by atoms with E-state index in [1.807, 2.05) is 0 Å². The first-order valence-corrected chi connectivity index (χ1v) is 10.3. The van der Waals surface area contributed by atoms with Crippen LogP contribution in [0.25, 0.3) is 4.72 Å². The molecule has 2 nitrogen and oxygen atoms in total. The summed E-state index contributed by atoms with van der Waals surface area (Å²) in [7, 11) is -0.411. The maximum absolute atomic E-state index is 4.94. The molecule has 0 saturated heterocycles. The Kier molecular flexibility index (Phi) is 9.00. The fourth-order valence-corrected chi connectivity index (χ4v) is 6.07. The molecule has 114 valence electrons. The van der Waals surface area contributed by atoms with Gasteiger partial charge in [-0.2, -0.15) is 0 Å². The zero-order valence-corrected chi connectivity index (χ0v) is 16.6. The largest absolute Gasteiger partial charge is 1.00 e. The molecule has 0 heterocycles. The number of nitrogens with zero attached hydrogens (tertiary/aromatic N) is 2. The molecule has 0 fully saturated rings. The maximum atomic E-state index is 4.94. The number of benzene rings is 1. The van der Waals surface area contributed by atoms with Gasteiger partial charge in [-0.3, -0.25) is 4.36 Å². The Morgan fingerprint density at radius 3 is 2.00 bits per heavy atom. The summed E-state index contributed by atoms with van der Waals surface area (Å²) in [5, 5.41) is 1.44. The summed E-state index contributed by atoms with van der Waals surface area (Å²) < 4.78 is 9.87. The molecule has 0 aromatic heterocycles. The van der Waals surface area contributed by atoms with Crippen molar-refractivity contribution >= 4 is 24.1 Å². The first-order valence-electron chi connectivity index (χ1n) is 7.00. The molecule has 2 atom stereocenters.